The van der Waals surface area contributed by atoms with Crippen molar-refractivity contribution in [3.05, 3.63) is 64.7 Å². The van der Waals surface area contributed by atoms with E-state index in [0.717, 1.165) is 16.8 Å². The smallest absolute Gasteiger partial charge is 0.272 e. The molecule has 1 aliphatic heterocycles. The van der Waals surface area contributed by atoms with Crippen molar-refractivity contribution in [1.82, 2.24) is 9.38 Å². The molecular weight excluding hydrogens is 268 g/mol. The van der Waals surface area contributed by atoms with Gasteiger partial charge in [-0.3, -0.25) is 4.79 Å². The van der Waals surface area contributed by atoms with E-state index in [1.807, 2.05) is 42.7 Å². The highest BCUT2D eigenvalue weighted by Gasteiger charge is 2.37. The number of H-pyrrole nitrogens is 1. The van der Waals surface area contributed by atoms with Crippen molar-refractivity contribution in [3.63, 3.8) is 0 Å². The van der Waals surface area contributed by atoms with Crippen LogP contribution in [0.3, 0.4) is 0 Å². The van der Waals surface area contributed by atoms with E-state index in [1.54, 1.807) is 10.5 Å². The van der Waals surface area contributed by atoms with Gasteiger partial charge in [-0.1, -0.05) is 24.3 Å². The van der Waals surface area contributed by atoms with Crippen molar-refractivity contribution in [2.75, 3.05) is 13.2 Å². The van der Waals surface area contributed by atoms with Gasteiger partial charge < -0.3 is 19.2 Å². The average Bonchev–Trinajstić information content (AvgIpc) is 2.94. The molecule has 4 rings (SSSR count). The molecule has 106 valence electrons. The summed E-state index contributed by atoms with van der Waals surface area (Å²) in [6.45, 7) is 0.664. The number of hydrogen-bond donors (Lipinski definition) is 2. The molecule has 0 amide bonds. The molecule has 0 atom stereocenters. The summed E-state index contributed by atoms with van der Waals surface area (Å²) in [4.78, 5) is 14.9. The Morgan fingerprint density at radius 3 is 2.62 bits per heavy atom. The molecule has 0 bridgehead atoms. The van der Waals surface area contributed by atoms with Crippen LogP contribution in [0.2, 0.25) is 0 Å². The van der Waals surface area contributed by atoms with Gasteiger partial charge in [0.05, 0.1) is 18.9 Å². The third-order valence-corrected chi connectivity index (χ3v) is 3.94. The predicted octanol–water partition coefficient (Wildman–Crippen LogP) is 1.51. The molecule has 0 saturated carbocycles. The van der Waals surface area contributed by atoms with Gasteiger partial charge in [0, 0.05) is 12.4 Å². The summed E-state index contributed by atoms with van der Waals surface area (Å²) in [7, 11) is 0. The Morgan fingerprint density at radius 1 is 1.19 bits per heavy atom. The zero-order chi connectivity index (χ0) is 14.4. The highest BCUT2D eigenvalue weighted by molar-refractivity contribution is 5.61. The summed E-state index contributed by atoms with van der Waals surface area (Å²) in [6, 6.07) is 11.1. The molecule has 0 unspecified atom stereocenters. The minimum atomic E-state index is -0.865. The Bertz CT molecular complexity index is 857. The molecule has 1 saturated heterocycles. The van der Waals surface area contributed by atoms with Gasteiger partial charge in [0.1, 0.15) is 11.1 Å². The summed E-state index contributed by atoms with van der Waals surface area (Å²) in [5.74, 6) is 0. The first-order valence-corrected chi connectivity index (χ1v) is 6.77. The van der Waals surface area contributed by atoms with Gasteiger partial charge in [-0.15, -0.1) is 0 Å². The molecule has 5 nitrogen and oxygen atoms in total. The van der Waals surface area contributed by atoms with Crippen LogP contribution < -0.4 is 5.56 Å². The predicted molar refractivity (Wildman–Crippen MR) is 78.2 cm³/mol. The summed E-state index contributed by atoms with van der Waals surface area (Å²) < 4.78 is 6.86. The first-order chi connectivity index (χ1) is 10.2. The molecule has 0 radical (unpaired) electrons. The molecule has 0 aliphatic carbocycles. The number of aromatic amines is 1. The highest BCUT2D eigenvalue weighted by Crippen LogP contribution is 2.30. The summed E-state index contributed by atoms with van der Waals surface area (Å²) in [5.41, 5.74) is 2.12. The highest BCUT2D eigenvalue weighted by atomic mass is 16.5. The van der Waals surface area contributed by atoms with E-state index >= 15 is 0 Å². The van der Waals surface area contributed by atoms with Gasteiger partial charge in [-0.2, -0.15) is 0 Å². The SMILES string of the molecule is O=c1[nH]c(-c2ccc(C3(O)COC3)cc2)cn2cccc12. The molecule has 3 heterocycles. The lowest BCUT2D eigenvalue weighted by Crippen LogP contribution is -2.46. The minimum absolute atomic E-state index is 0.118. The van der Waals surface area contributed by atoms with Crippen LogP contribution in [0.4, 0.5) is 0 Å². The van der Waals surface area contributed by atoms with Gasteiger partial charge in [-0.05, 0) is 23.3 Å². The zero-order valence-electron chi connectivity index (χ0n) is 11.2. The maximum absolute atomic E-state index is 12.0. The fraction of sp³-hybridized carbons (Fsp3) is 0.188. The Labute approximate surface area is 120 Å². The van der Waals surface area contributed by atoms with Crippen LogP contribution in [-0.2, 0) is 10.3 Å². The number of benzene rings is 1. The van der Waals surface area contributed by atoms with Crippen LogP contribution in [-0.4, -0.2) is 27.7 Å². The van der Waals surface area contributed by atoms with Gasteiger partial charge in [0.15, 0.2) is 0 Å². The molecule has 21 heavy (non-hydrogen) atoms. The normalized spacial score (nSPS) is 16.8. The Morgan fingerprint density at radius 2 is 1.95 bits per heavy atom. The largest absolute Gasteiger partial charge is 0.380 e. The second-order valence-electron chi connectivity index (χ2n) is 5.40. The molecular formula is C16H14N2O3. The fourth-order valence-electron chi connectivity index (χ4n) is 2.63. The third kappa shape index (κ3) is 1.90. The minimum Gasteiger partial charge on any atom is -0.380 e. The Kier molecular flexibility index (Phi) is 2.54. The molecule has 2 aromatic heterocycles. The summed E-state index contributed by atoms with van der Waals surface area (Å²) in [5, 5.41) is 10.2. The van der Waals surface area contributed by atoms with E-state index in [9.17, 15) is 9.90 Å². The third-order valence-electron chi connectivity index (χ3n) is 3.94. The second kappa shape index (κ2) is 4.31. The van der Waals surface area contributed by atoms with E-state index in [4.69, 9.17) is 4.74 Å². The van der Waals surface area contributed by atoms with Crippen molar-refractivity contribution in [2.24, 2.45) is 0 Å². The van der Waals surface area contributed by atoms with Gasteiger partial charge >= 0.3 is 0 Å². The lowest BCUT2D eigenvalue weighted by molar-refractivity contribution is -0.184. The van der Waals surface area contributed by atoms with E-state index in [1.165, 1.54) is 0 Å². The molecule has 3 aromatic rings. The molecule has 2 N–H and O–H groups in total. The van der Waals surface area contributed by atoms with Crippen molar-refractivity contribution >= 4 is 5.52 Å². The van der Waals surface area contributed by atoms with Crippen LogP contribution in [0.25, 0.3) is 16.8 Å². The monoisotopic (exact) mass is 282 g/mol. The first kappa shape index (κ1) is 12.4. The Hall–Kier alpha value is -2.37. The molecule has 1 fully saturated rings. The molecule has 5 heteroatoms. The number of ether oxygens (including phenoxy) is 1. The van der Waals surface area contributed by atoms with Crippen LogP contribution in [0.1, 0.15) is 5.56 Å². The van der Waals surface area contributed by atoms with Gasteiger partial charge in [0.2, 0.25) is 0 Å². The maximum Gasteiger partial charge on any atom is 0.272 e. The number of fused-ring (bicyclic) bond motifs is 1. The molecule has 1 aromatic carbocycles. The molecule has 0 spiro atoms. The summed E-state index contributed by atoms with van der Waals surface area (Å²) in [6.07, 6.45) is 3.73. The van der Waals surface area contributed by atoms with Crippen molar-refractivity contribution in [1.29, 1.82) is 0 Å². The zero-order valence-corrected chi connectivity index (χ0v) is 11.2. The number of hydrogen-bond acceptors (Lipinski definition) is 3. The lowest BCUT2D eigenvalue weighted by atomic mass is 9.91. The topological polar surface area (TPSA) is 66.7 Å². The summed E-state index contributed by atoms with van der Waals surface area (Å²) >= 11 is 0. The molecule has 1 aliphatic rings. The van der Waals surface area contributed by atoms with Crippen molar-refractivity contribution in [2.45, 2.75) is 5.60 Å². The number of aliphatic hydroxyl groups is 1. The van der Waals surface area contributed by atoms with Crippen LogP contribution in [0, 0.1) is 0 Å². The standard InChI is InChI=1S/C16H14N2O3/c19-15-14-2-1-7-18(14)8-13(17-15)11-3-5-12(6-4-11)16(20)9-21-10-16/h1-8,20H,9-10H2,(H,17,19). The van der Waals surface area contributed by atoms with E-state index in [-0.39, 0.29) is 5.56 Å². The number of rotatable bonds is 2. The van der Waals surface area contributed by atoms with Crippen LogP contribution in [0.5, 0.6) is 0 Å². The average molecular weight is 282 g/mol. The van der Waals surface area contributed by atoms with Gasteiger partial charge in [-0.25, -0.2) is 0 Å². The number of aromatic nitrogens is 2. The van der Waals surface area contributed by atoms with E-state index in [0.29, 0.717) is 18.7 Å². The van der Waals surface area contributed by atoms with Crippen molar-refractivity contribution in [3.8, 4) is 11.3 Å². The number of nitrogens with one attached hydrogen (secondary N) is 1. The van der Waals surface area contributed by atoms with E-state index < -0.39 is 5.60 Å². The van der Waals surface area contributed by atoms with Crippen molar-refractivity contribution < 1.29 is 9.84 Å². The number of nitrogens with zero attached hydrogens (tertiary/aromatic N) is 1. The quantitative estimate of drug-likeness (QED) is 0.748. The maximum atomic E-state index is 12.0. The first-order valence-electron chi connectivity index (χ1n) is 6.77. The van der Waals surface area contributed by atoms with Crippen LogP contribution in [0.15, 0.2) is 53.6 Å². The van der Waals surface area contributed by atoms with Crippen LogP contribution >= 0.6 is 0 Å². The lowest BCUT2D eigenvalue weighted by Gasteiger charge is -2.36. The second-order valence-corrected chi connectivity index (χ2v) is 5.40. The Balaban J connectivity index is 1.76. The van der Waals surface area contributed by atoms with Gasteiger partial charge in [0.25, 0.3) is 5.56 Å². The fourth-order valence-corrected chi connectivity index (χ4v) is 2.63. The van der Waals surface area contributed by atoms with E-state index in [2.05, 4.69) is 4.98 Å².